The van der Waals surface area contributed by atoms with E-state index < -0.39 is 11.8 Å². The summed E-state index contributed by atoms with van der Waals surface area (Å²) in [6.07, 6.45) is 4.95. The monoisotopic (exact) mass is 445 g/mol. The molecule has 5 heteroatoms. The number of hydrogen-bond acceptors (Lipinski definition) is 2. The van der Waals surface area contributed by atoms with Crippen molar-refractivity contribution in [3.8, 4) is 0 Å². The molecule has 4 nitrogen and oxygen atoms in total. The standard InChI is InChI=1S/C19H28INO3/c1-14(2)13-19(24-3,16-11-7-8-12-17(16)20)21(18(22)23)15-9-5-4-6-10-15/h7-8,11-12,14-15H,4-6,9-10,13H2,1-3H3,(H,22,23)/t19-/m0/s1. The Bertz CT molecular complexity index is 557. The van der Waals surface area contributed by atoms with Crippen LogP contribution in [-0.4, -0.2) is 29.3 Å². The van der Waals surface area contributed by atoms with Crippen LogP contribution in [0.2, 0.25) is 0 Å². The molecule has 0 bridgehead atoms. The summed E-state index contributed by atoms with van der Waals surface area (Å²) in [6.45, 7) is 4.23. The first-order valence-electron chi connectivity index (χ1n) is 8.74. The van der Waals surface area contributed by atoms with E-state index in [0.29, 0.717) is 12.3 Å². The van der Waals surface area contributed by atoms with Gasteiger partial charge in [-0.05, 0) is 47.4 Å². The molecule has 0 aromatic heterocycles. The molecule has 1 aromatic carbocycles. The zero-order valence-electron chi connectivity index (χ0n) is 14.8. The molecule has 1 aliphatic carbocycles. The van der Waals surface area contributed by atoms with E-state index in [4.69, 9.17) is 4.74 Å². The zero-order valence-corrected chi connectivity index (χ0v) is 17.0. The lowest BCUT2D eigenvalue weighted by Crippen LogP contribution is -2.56. The van der Waals surface area contributed by atoms with Gasteiger partial charge in [-0.2, -0.15) is 0 Å². The quantitative estimate of drug-likeness (QED) is 0.468. The number of rotatable bonds is 6. The van der Waals surface area contributed by atoms with Gasteiger partial charge < -0.3 is 9.84 Å². The van der Waals surface area contributed by atoms with Crippen LogP contribution in [0.3, 0.4) is 0 Å². The van der Waals surface area contributed by atoms with Crippen molar-refractivity contribution >= 4 is 28.7 Å². The van der Waals surface area contributed by atoms with Crippen molar-refractivity contribution in [1.29, 1.82) is 0 Å². The summed E-state index contributed by atoms with van der Waals surface area (Å²) in [4.78, 5) is 13.9. The molecule has 0 unspecified atom stereocenters. The Morgan fingerprint density at radius 1 is 1.33 bits per heavy atom. The van der Waals surface area contributed by atoms with Gasteiger partial charge in [0, 0.05) is 28.7 Å². The molecule has 1 saturated carbocycles. The molecule has 0 aliphatic heterocycles. The fourth-order valence-electron chi connectivity index (χ4n) is 3.91. The van der Waals surface area contributed by atoms with Crippen molar-refractivity contribution in [3.05, 3.63) is 33.4 Å². The lowest BCUT2D eigenvalue weighted by molar-refractivity contribution is -0.159. The fourth-order valence-corrected chi connectivity index (χ4v) is 4.71. The highest BCUT2D eigenvalue weighted by Gasteiger charge is 2.47. The highest BCUT2D eigenvalue weighted by Crippen LogP contribution is 2.42. The first-order valence-corrected chi connectivity index (χ1v) is 9.82. The minimum Gasteiger partial charge on any atom is -0.465 e. The average molecular weight is 445 g/mol. The maximum absolute atomic E-state index is 12.3. The van der Waals surface area contributed by atoms with Crippen molar-refractivity contribution < 1.29 is 14.6 Å². The summed E-state index contributed by atoms with van der Waals surface area (Å²) < 4.78 is 7.07. The van der Waals surface area contributed by atoms with Gasteiger partial charge in [-0.1, -0.05) is 51.3 Å². The van der Waals surface area contributed by atoms with E-state index in [1.165, 1.54) is 6.42 Å². The topological polar surface area (TPSA) is 49.8 Å². The minimum atomic E-state index is -0.931. The Hall–Kier alpha value is -0.820. The Balaban J connectivity index is 2.57. The summed E-state index contributed by atoms with van der Waals surface area (Å²) in [6, 6.07) is 7.99. The molecule has 0 radical (unpaired) electrons. The number of hydrogen-bond donors (Lipinski definition) is 1. The number of ether oxygens (including phenoxy) is 1. The van der Waals surface area contributed by atoms with Gasteiger partial charge in [0.1, 0.15) is 0 Å². The maximum Gasteiger partial charge on any atom is 0.410 e. The minimum absolute atomic E-state index is 0.0194. The number of benzene rings is 1. The fraction of sp³-hybridized carbons (Fsp3) is 0.632. The van der Waals surface area contributed by atoms with E-state index in [0.717, 1.165) is 34.8 Å². The van der Waals surface area contributed by atoms with Crippen LogP contribution in [0.5, 0.6) is 0 Å². The molecule has 0 spiro atoms. The Morgan fingerprint density at radius 2 is 1.96 bits per heavy atom. The Labute approximate surface area is 158 Å². The van der Waals surface area contributed by atoms with Crippen molar-refractivity contribution in [2.24, 2.45) is 5.92 Å². The van der Waals surface area contributed by atoms with E-state index in [9.17, 15) is 9.90 Å². The zero-order chi connectivity index (χ0) is 17.7. The average Bonchev–Trinajstić information content (AvgIpc) is 2.55. The molecule has 1 atom stereocenters. The van der Waals surface area contributed by atoms with Crippen molar-refractivity contribution in [2.45, 2.75) is 64.1 Å². The summed E-state index contributed by atoms with van der Waals surface area (Å²) in [7, 11) is 1.64. The third-order valence-electron chi connectivity index (χ3n) is 4.85. The van der Waals surface area contributed by atoms with E-state index in [1.54, 1.807) is 12.0 Å². The molecule has 1 aliphatic rings. The van der Waals surface area contributed by atoms with E-state index in [2.05, 4.69) is 36.4 Å². The molecule has 134 valence electrons. The van der Waals surface area contributed by atoms with E-state index in [1.807, 2.05) is 24.3 Å². The van der Waals surface area contributed by atoms with Crippen LogP contribution in [0.1, 0.15) is 57.9 Å². The summed E-state index contributed by atoms with van der Waals surface area (Å²) >= 11 is 2.28. The molecule has 1 fully saturated rings. The van der Waals surface area contributed by atoms with Crippen LogP contribution in [0.15, 0.2) is 24.3 Å². The van der Waals surface area contributed by atoms with Crippen molar-refractivity contribution in [3.63, 3.8) is 0 Å². The summed E-state index contributed by atoms with van der Waals surface area (Å²) in [5.74, 6) is 0.311. The number of halogens is 1. The van der Waals surface area contributed by atoms with Crippen LogP contribution >= 0.6 is 22.6 Å². The van der Waals surface area contributed by atoms with E-state index in [-0.39, 0.29) is 6.04 Å². The predicted octanol–water partition coefficient (Wildman–Crippen LogP) is 5.45. The van der Waals surface area contributed by atoms with Crippen LogP contribution in [0.25, 0.3) is 0 Å². The molecule has 0 saturated heterocycles. The third-order valence-corrected chi connectivity index (χ3v) is 5.79. The maximum atomic E-state index is 12.3. The summed E-state index contributed by atoms with van der Waals surface area (Å²) in [5.41, 5.74) is 0.0227. The molecule has 1 amide bonds. The third kappa shape index (κ3) is 4.04. The van der Waals surface area contributed by atoms with Gasteiger partial charge in [0.15, 0.2) is 5.72 Å². The molecule has 1 aromatic rings. The van der Waals surface area contributed by atoms with Gasteiger partial charge >= 0.3 is 6.09 Å². The highest BCUT2D eigenvalue weighted by molar-refractivity contribution is 14.1. The molecule has 0 heterocycles. The van der Waals surface area contributed by atoms with Gasteiger partial charge in [-0.3, -0.25) is 4.90 Å². The number of carboxylic acid groups (broad SMARTS) is 1. The molecule has 1 N–H and O–H groups in total. The molecular formula is C19H28INO3. The first kappa shape index (κ1) is 19.5. The second kappa shape index (κ2) is 8.52. The SMILES string of the molecule is CO[C@@](CC(C)C)(c1ccccc1I)N(C(=O)O)C1CCCCC1. The smallest absolute Gasteiger partial charge is 0.410 e. The number of carbonyl (C=O) groups is 1. The van der Waals surface area contributed by atoms with E-state index >= 15 is 0 Å². The van der Waals surface area contributed by atoms with Crippen molar-refractivity contribution in [1.82, 2.24) is 4.90 Å². The van der Waals surface area contributed by atoms with Crippen LogP contribution in [0.4, 0.5) is 4.79 Å². The normalized spacial score (nSPS) is 18.4. The van der Waals surface area contributed by atoms with Crippen molar-refractivity contribution in [2.75, 3.05) is 7.11 Å². The largest absolute Gasteiger partial charge is 0.465 e. The highest BCUT2D eigenvalue weighted by atomic mass is 127. The Kier molecular flexibility index (Phi) is 6.92. The summed E-state index contributed by atoms with van der Waals surface area (Å²) in [5, 5.41) is 10.1. The van der Waals surface area contributed by atoms with Gasteiger partial charge in [0.05, 0.1) is 0 Å². The lowest BCUT2D eigenvalue weighted by Gasteiger charge is -2.47. The second-order valence-corrected chi connectivity index (χ2v) is 8.17. The number of nitrogens with zero attached hydrogens (tertiary/aromatic N) is 1. The Morgan fingerprint density at radius 3 is 2.46 bits per heavy atom. The number of methoxy groups -OCH3 is 1. The van der Waals surface area contributed by atoms with Gasteiger partial charge in [-0.15, -0.1) is 0 Å². The first-order chi connectivity index (χ1) is 11.4. The predicted molar refractivity (Wildman–Crippen MR) is 104 cm³/mol. The second-order valence-electron chi connectivity index (χ2n) is 7.01. The number of amides is 1. The van der Waals surface area contributed by atoms with Gasteiger partial charge in [0.25, 0.3) is 0 Å². The van der Waals surface area contributed by atoms with Gasteiger partial charge in [0.2, 0.25) is 0 Å². The van der Waals surface area contributed by atoms with Crippen LogP contribution < -0.4 is 0 Å². The molecular weight excluding hydrogens is 417 g/mol. The van der Waals surface area contributed by atoms with Crippen LogP contribution in [-0.2, 0) is 10.5 Å². The lowest BCUT2D eigenvalue weighted by atomic mass is 9.86. The van der Waals surface area contributed by atoms with Gasteiger partial charge in [-0.25, -0.2) is 4.79 Å². The molecule has 2 rings (SSSR count). The van der Waals surface area contributed by atoms with Crippen LogP contribution in [0, 0.1) is 9.49 Å². The molecule has 24 heavy (non-hydrogen) atoms.